The smallest absolute Gasteiger partial charge is 0.245 e. The molecule has 6 nitrogen and oxygen atoms in total. The van der Waals surface area contributed by atoms with Crippen LogP contribution in [-0.4, -0.2) is 41.3 Å². The molecule has 2 unspecified atom stereocenters. The highest BCUT2D eigenvalue weighted by atomic mass is 79.9. The minimum Gasteiger partial charge on any atom is -0.336 e. The van der Waals surface area contributed by atoms with Crippen LogP contribution in [0.15, 0.2) is 22.8 Å². The summed E-state index contributed by atoms with van der Waals surface area (Å²) in [5.41, 5.74) is 5.68. The molecule has 2 amide bonds. The maximum atomic E-state index is 12.0. The Bertz CT molecular complexity index is 485. The highest BCUT2D eigenvalue weighted by Crippen LogP contribution is 2.10. The zero-order chi connectivity index (χ0) is 15.3. The van der Waals surface area contributed by atoms with Crippen molar-refractivity contribution < 1.29 is 9.59 Å². The van der Waals surface area contributed by atoms with Crippen molar-refractivity contribution in [3.05, 3.63) is 22.8 Å². The molecule has 0 aliphatic rings. The number of nitrogens with zero attached hydrogens (tertiary/aromatic N) is 2. The predicted molar refractivity (Wildman–Crippen MR) is 95.5 cm³/mol. The summed E-state index contributed by atoms with van der Waals surface area (Å²) in [7, 11) is 1.58. The van der Waals surface area contributed by atoms with Crippen LogP contribution in [0, 0.1) is 5.92 Å². The molecule has 22 heavy (non-hydrogen) atoms. The molecule has 2 atom stereocenters. The van der Waals surface area contributed by atoms with E-state index in [9.17, 15) is 9.59 Å². The third kappa shape index (κ3) is 7.40. The van der Waals surface area contributed by atoms with E-state index in [1.807, 2.05) is 0 Å². The SMILES string of the molecule is CC(N)C(C)C(=O)N(C)CC(=O)Nc1ccc(Br)cn1.Cl.Cl. The van der Waals surface area contributed by atoms with E-state index in [2.05, 4.69) is 26.2 Å². The molecule has 0 bridgehead atoms. The summed E-state index contributed by atoms with van der Waals surface area (Å²) in [5, 5.41) is 2.63. The first-order chi connectivity index (χ1) is 9.31. The fraction of sp³-hybridized carbons (Fsp3) is 0.462. The Kier molecular flexibility index (Phi) is 11.4. The number of rotatable bonds is 5. The van der Waals surface area contributed by atoms with Crippen molar-refractivity contribution in [2.24, 2.45) is 11.7 Å². The molecule has 1 aromatic heterocycles. The van der Waals surface area contributed by atoms with Crippen LogP contribution in [0.4, 0.5) is 5.82 Å². The largest absolute Gasteiger partial charge is 0.336 e. The number of amides is 2. The van der Waals surface area contributed by atoms with E-state index >= 15 is 0 Å². The van der Waals surface area contributed by atoms with Gasteiger partial charge in [0.25, 0.3) is 0 Å². The predicted octanol–water partition coefficient (Wildman–Crippen LogP) is 2.07. The highest BCUT2D eigenvalue weighted by Gasteiger charge is 2.22. The maximum absolute atomic E-state index is 12.0. The van der Waals surface area contributed by atoms with Gasteiger partial charge in [0.1, 0.15) is 5.82 Å². The zero-order valence-electron chi connectivity index (χ0n) is 12.6. The monoisotopic (exact) mass is 414 g/mol. The van der Waals surface area contributed by atoms with Crippen molar-refractivity contribution >= 4 is 58.4 Å². The first-order valence-corrected chi connectivity index (χ1v) is 7.02. The fourth-order valence-corrected chi connectivity index (χ4v) is 1.73. The average Bonchev–Trinajstić information content (AvgIpc) is 2.39. The van der Waals surface area contributed by atoms with Gasteiger partial charge in [-0.1, -0.05) is 6.92 Å². The van der Waals surface area contributed by atoms with Gasteiger partial charge in [-0.25, -0.2) is 4.98 Å². The Morgan fingerprint density at radius 1 is 1.36 bits per heavy atom. The van der Waals surface area contributed by atoms with E-state index in [4.69, 9.17) is 5.73 Å². The van der Waals surface area contributed by atoms with Gasteiger partial charge < -0.3 is 16.0 Å². The number of pyridine rings is 1. The minimum absolute atomic E-state index is 0. The van der Waals surface area contributed by atoms with Crippen molar-refractivity contribution in [1.29, 1.82) is 0 Å². The number of hydrogen-bond donors (Lipinski definition) is 2. The van der Waals surface area contributed by atoms with E-state index in [1.165, 1.54) is 4.90 Å². The van der Waals surface area contributed by atoms with Crippen LogP contribution in [0.1, 0.15) is 13.8 Å². The topological polar surface area (TPSA) is 88.3 Å². The normalized spacial score (nSPS) is 12.2. The van der Waals surface area contributed by atoms with Gasteiger partial charge >= 0.3 is 0 Å². The molecule has 0 fully saturated rings. The molecule has 0 radical (unpaired) electrons. The lowest BCUT2D eigenvalue weighted by molar-refractivity contribution is -0.136. The van der Waals surface area contributed by atoms with Gasteiger partial charge in [-0.3, -0.25) is 9.59 Å². The molecule has 0 aliphatic heterocycles. The average molecular weight is 416 g/mol. The van der Waals surface area contributed by atoms with E-state index in [0.29, 0.717) is 5.82 Å². The number of hydrogen-bond acceptors (Lipinski definition) is 4. The summed E-state index contributed by atoms with van der Waals surface area (Å²) in [6.07, 6.45) is 1.59. The standard InChI is InChI=1S/C13H19BrN4O2.2ClH/c1-8(9(2)15)13(20)18(3)7-12(19)17-11-5-4-10(14)6-16-11;;/h4-6,8-9H,7,15H2,1-3H3,(H,16,17,19);2*1H. The second-order valence-corrected chi connectivity index (χ2v) is 5.67. The van der Waals surface area contributed by atoms with Gasteiger partial charge in [0.2, 0.25) is 11.8 Å². The summed E-state index contributed by atoms with van der Waals surface area (Å²) in [6, 6.07) is 3.20. The first kappa shape index (κ1) is 23.4. The third-order valence-electron chi connectivity index (χ3n) is 2.93. The highest BCUT2D eigenvalue weighted by molar-refractivity contribution is 9.10. The van der Waals surface area contributed by atoms with Gasteiger partial charge in [0.15, 0.2) is 0 Å². The lowest BCUT2D eigenvalue weighted by Gasteiger charge is -2.22. The third-order valence-corrected chi connectivity index (χ3v) is 3.40. The molecule has 0 saturated heterocycles. The summed E-state index contributed by atoms with van der Waals surface area (Å²) in [4.78, 5) is 29.2. The number of nitrogens with one attached hydrogen (secondary N) is 1. The number of halogens is 3. The quantitative estimate of drug-likeness (QED) is 0.770. The van der Waals surface area contributed by atoms with Crippen molar-refractivity contribution in [3.8, 4) is 0 Å². The summed E-state index contributed by atoms with van der Waals surface area (Å²) in [6.45, 7) is 3.48. The molecule has 0 spiro atoms. The Hall–Kier alpha value is -0.890. The molecule has 3 N–H and O–H groups in total. The van der Waals surface area contributed by atoms with Crippen LogP contribution in [0.2, 0.25) is 0 Å². The number of carbonyl (C=O) groups excluding carboxylic acids is 2. The number of anilines is 1. The van der Waals surface area contributed by atoms with Gasteiger partial charge in [0.05, 0.1) is 12.5 Å². The molecular formula is C13H21BrCl2N4O2. The Labute approximate surface area is 151 Å². The van der Waals surface area contributed by atoms with Crippen molar-refractivity contribution in [2.75, 3.05) is 18.9 Å². The number of likely N-dealkylation sites (N-methyl/N-ethyl adjacent to an activating group) is 1. The van der Waals surface area contributed by atoms with Crippen molar-refractivity contribution in [3.63, 3.8) is 0 Å². The molecule has 9 heteroatoms. The van der Waals surface area contributed by atoms with Gasteiger partial charge in [-0.2, -0.15) is 0 Å². The van der Waals surface area contributed by atoms with Crippen LogP contribution in [0.3, 0.4) is 0 Å². The van der Waals surface area contributed by atoms with Crippen LogP contribution in [-0.2, 0) is 9.59 Å². The minimum atomic E-state index is -0.321. The van der Waals surface area contributed by atoms with Gasteiger partial charge in [-0.15, -0.1) is 24.8 Å². The van der Waals surface area contributed by atoms with Crippen LogP contribution in [0.25, 0.3) is 0 Å². The number of carbonyl (C=O) groups is 2. The van der Waals surface area contributed by atoms with Crippen molar-refractivity contribution in [1.82, 2.24) is 9.88 Å². The second kappa shape index (κ2) is 10.8. The van der Waals surface area contributed by atoms with E-state index in [1.54, 1.807) is 39.2 Å². The first-order valence-electron chi connectivity index (χ1n) is 6.23. The van der Waals surface area contributed by atoms with Crippen molar-refractivity contribution in [2.45, 2.75) is 19.9 Å². The molecule has 126 valence electrons. The molecule has 0 aromatic carbocycles. The van der Waals surface area contributed by atoms with Gasteiger partial charge in [0, 0.05) is 23.8 Å². The molecule has 1 aromatic rings. The lowest BCUT2D eigenvalue weighted by Crippen LogP contribution is -2.42. The second-order valence-electron chi connectivity index (χ2n) is 4.75. The molecule has 1 rings (SSSR count). The molecule has 0 aliphatic carbocycles. The zero-order valence-corrected chi connectivity index (χ0v) is 15.8. The Morgan fingerprint density at radius 2 is 1.95 bits per heavy atom. The summed E-state index contributed by atoms with van der Waals surface area (Å²) >= 11 is 3.26. The van der Waals surface area contributed by atoms with E-state index in [0.717, 1.165) is 4.47 Å². The van der Waals surface area contributed by atoms with Crippen LogP contribution >= 0.6 is 40.7 Å². The van der Waals surface area contributed by atoms with E-state index < -0.39 is 0 Å². The number of aromatic nitrogens is 1. The molecule has 1 heterocycles. The fourth-order valence-electron chi connectivity index (χ4n) is 1.50. The lowest BCUT2D eigenvalue weighted by atomic mass is 10.0. The van der Waals surface area contributed by atoms with Crippen LogP contribution in [0.5, 0.6) is 0 Å². The maximum Gasteiger partial charge on any atom is 0.245 e. The molecular weight excluding hydrogens is 395 g/mol. The Balaban J connectivity index is 0. The van der Waals surface area contributed by atoms with E-state index in [-0.39, 0.29) is 55.1 Å². The Morgan fingerprint density at radius 3 is 2.41 bits per heavy atom. The summed E-state index contributed by atoms with van der Waals surface area (Å²) in [5.74, 6) is -0.329. The molecule has 0 saturated carbocycles. The summed E-state index contributed by atoms with van der Waals surface area (Å²) < 4.78 is 0.827. The number of nitrogens with two attached hydrogens (primary N) is 1. The van der Waals surface area contributed by atoms with Gasteiger partial charge in [-0.05, 0) is 35.0 Å². The van der Waals surface area contributed by atoms with Crippen LogP contribution < -0.4 is 11.1 Å².